The molecule has 0 heterocycles. The zero-order chi connectivity index (χ0) is 14.8. The highest BCUT2D eigenvalue weighted by Crippen LogP contribution is 2.08. The van der Waals surface area contributed by atoms with E-state index in [0.29, 0.717) is 5.56 Å². The second kappa shape index (κ2) is 8.35. The molecule has 0 aliphatic heterocycles. The Morgan fingerprint density at radius 1 is 1.30 bits per heavy atom. The van der Waals surface area contributed by atoms with Crippen LogP contribution in [0.2, 0.25) is 0 Å². The van der Waals surface area contributed by atoms with Crippen LogP contribution in [0.25, 0.3) is 10.4 Å². The summed E-state index contributed by atoms with van der Waals surface area (Å²) in [4.78, 5) is 25.3. The summed E-state index contributed by atoms with van der Waals surface area (Å²) in [6.45, 7) is 0.107. The van der Waals surface area contributed by atoms with Crippen molar-refractivity contribution < 1.29 is 14.3 Å². The van der Waals surface area contributed by atoms with Gasteiger partial charge in [-0.25, -0.2) is 0 Å². The van der Waals surface area contributed by atoms with Gasteiger partial charge in [0.25, 0.3) is 0 Å². The number of methoxy groups -OCH3 is 1. The lowest BCUT2D eigenvalue weighted by atomic mass is 10.0. The third kappa shape index (κ3) is 5.25. The first-order chi connectivity index (χ1) is 9.67. The lowest BCUT2D eigenvalue weighted by Crippen LogP contribution is -2.05. The second-order valence-electron chi connectivity index (χ2n) is 3.77. The van der Waals surface area contributed by atoms with Gasteiger partial charge in [0.2, 0.25) is 0 Å². The Morgan fingerprint density at radius 3 is 2.60 bits per heavy atom. The first-order valence-electron chi connectivity index (χ1n) is 5.87. The van der Waals surface area contributed by atoms with Crippen LogP contribution in [-0.2, 0) is 9.53 Å². The molecule has 1 aromatic carbocycles. The molecular formula is C14H13N3O3. The minimum absolute atomic E-state index is 0.0725. The number of Topliss-reactive ketones (excluding diaryl/α,β-unsaturated/α-hetero) is 1. The fourth-order valence-electron chi connectivity index (χ4n) is 1.41. The quantitative estimate of drug-likeness (QED) is 0.206. The van der Waals surface area contributed by atoms with Gasteiger partial charge in [0.15, 0.2) is 5.78 Å². The third-order valence-corrected chi connectivity index (χ3v) is 2.44. The maximum Gasteiger partial charge on any atom is 0.305 e. The number of hydrogen-bond donors (Lipinski definition) is 0. The summed E-state index contributed by atoms with van der Waals surface area (Å²) < 4.78 is 4.48. The van der Waals surface area contributed by atoms with Crippen molar-refractivity contribution in [2.24, 2.45) is 5.11 Å². The van der Waals surface area contributed by atoms with E-state index < -0.39 is 5.97 Å². The van der Waals surface area contributed by atoms with E-state index in [1.807, 2.05) is 0 Å². The second-order valence-corrected chi connectivity index (χ2v) is 3.77. The number of benzene rings is 1. The fourth-order valence-corrected chi connectivity index (χ4v) is 1.41. The molecule has 20 heavy (non-hydrogen) atoms. The molecule has 6 heteroatoms. The Morgan fingerprint density at radius 2 is 2.00 bits per heavy atom. The van der Waals surface area contributed by atoms with Crippen LogP contribution in [0.1, 0.15) is 28.8 Å². The molecule has 0 aliphatic carbocycles. The molecule has 0 saturated heterocycles. The SMILES string of the molecule is COC(=O)CCC(=O)c1ccc(C#CCN=[N+]=[N-])cc1. The summed E-state index contributed by atoms with van der Waals surface area (Å²) >= 11 is 0. The normalized spacial score (nSPS) is 8.85. The van der Waals surface area contributed by atoms with Crippen LogP contribution in [0.15, 0.2) is 29.4 Å². The Hall–Kier alpha value is -2.77. The zero-order valence-corrected chi connectivity index (χ0v) is 11.0. The van der Waals surface area contributed by atoms with Crippen molar-refractivity contribution in [2.75, 3.05) is 13.7 Å². The Bertz CT molecular complexity index is 590. The average molecular weight is 271 g/mol. The molecule has 0 amide bonds. The smallest absolute Gasteiger partial charge is 0.305 e. The predicted octanol–water partition coefficient (Wildman–Crippen LogP) is 2.48. The molecule has 0 atom stereocenters. The first-order valence-corrected chi connectivity index (χ1v) is 5.87. The molecule has 0 radical (unpaired) electrons. The van der Waals surface area contributed by atoms with Crippen LogP contribution >= 0.6 is 0 Å². The number of ether oxygens (including phenoxy) is 1. The number of hydrogen-bond acceptors (Lipinski definition) is 4. The van der Waals surface area contributed by atoms with Gasteiger partial charge in [0.05, 0.1) is 20.1 Å². The molecule has 0 spiro atoms. The molecule has 0 aromatic heterocycles. The molecule has 6 nitrogen and oxygen atoms in total. The Labute approximate surface area is 116 Å². The molecule has 0 N–H and O–H groups in total. The van der Waals surface area contributed by atoms with Crippen molar-refractivity contribution >= 4 is 11.8 Å². The number of nitrogens with zero attached hydrogens (tertiary/aromatic N) is 3. The maximum atomic E-state index is 11.8. The van der Waals surface area contributed by atoms with Crippen LogP contribution in [0, 0.1) is 11.8 Å². The highest BCUT2D eigenvalue weighted by Gasteiger charge is 2.08. The van der Waals surface area contributed by atoms with Crippen molar-refractivity contribution in [3.8, 4) is 11.8 Å². The highest BCUT2D eigenvalue weighted by molar-refractivity contribution is 5.97. The van der Waals surface area contributed by atoms with E-state index in [9.17, 15) is 9.59 Å². The molecule has 0 fully saturated rings. The van der Waals surface area contributed by atoms with E-state index in [4.69, 9.17) is 5.53 Å². The van der Waals surface area contributed by atoms with E-state index in [2.05, 4.69) is 26.6 Å². The van der Waals surface area contributed by atoms with Gasteiger partial charge < -0.3 is 4.74 Å². The van der Waals surface area contributed by atoms with Gasteiger partial charge in [0, 0.05) is 22.5 Å². The number of rotatable bonds is 5. The third-order valence-electron chi connectivity index (χ3n) is 2.44. The van der Waals surface area contributed by atoms with E-state index in [-0.39, 0.29) is 25.2 Å². The van der Waals surface area contributed by atoms with Gasteiger partial charge in [-0.2, -0.15) is 0 Å². The van der Waals surface area contributed by atoms with Crippen LogP contribution in [0.5, 0.6) is 0 Å². The summed E-state index contributed by atoms with van der Waals surface area (Å²) in [6, 6.07) is 6.71. The highest BCUT2D eigenvalue weighted by atomic mass is 16.5. The zero-order valence-electron chi connectivity index (χ0n) is 11.0. The van der Waals surface area contributed by atoms with Crippen molar-refractivity contribution in [1.29, 1.82) is 0 Å². The van der Waals surface area contributed by atoms with E-state index in [0.717, 1.165) is 5.56 Å². The molecule has 102 valence electrons. The maximum absolute atomic E-state index is 11.8. The minimum Gasteiger partial charge on any atom is -0.469 e. The van der Waals surface area contributed by atoms with E-state index in [1.165, 1.54) is 7.11 Å². The Kier molecular flexibility index (Phi) is 6.38. The average Bonchev–Trinajstić information content (AvgIpc) is 2.49. The topological polar surface area (TPSA) is 92.1 Å². The van der Waals surface area contributed by atoms with E-state index >= 15 is 0 Å². The van der Waals surface area contributed by atoms with Crippen molar-refractivity contribution in [1.82, 2.24) is 0 Å². The lowest BCUT2D eigenvalue weighted by molar-refractivity contribution is -0.140. The lowest BCUT2D eigenvalue weighted by Gasteiger charge is -2.00. The van der Waals surface area contributed by atoms with Gasteiger partial charge in [-0.1, -0.05) is 29.1 Å². The molecule has 0 aliphatic rings. The number of ketones is 1. The van der Waals surface area contributed by atoms with Crippen LogP contribution in [0.4, 0.5) is 0 Å². The fraction of sp³-hybridized carbons (Fsp3) is 0.286. The standard InChI is InChI=1S/C14H13N3O3/c1-20-14(19)9-8-13(18)12-6-4-11(5-7-12)3-2-10-16-17-15/h4-7H,8-10H2,1H3. The summed E-state index contributed by atoms with van der Waals surface area (Å²) in [5, 5.41) is 3.29. The number of carbonyl (C=O) groups is 2. The molecule has 0 saturated carbocycles. The number of azide groups is 1. The largest absolute Gasteiger partial charge is 0.469 e. The molecule has 0 bridgehead atoms. The van der Waals surface area contributed by atoms with Gasteiger partial charge in [0.1, 0.15) is 0 Å². The van der Waals surface area contributed by atoms with Gasteiger partial charge >= 0.3 is 5.97 Å². The first kappa shape index (κ1) is 15.3. The van der Waals surface area contributed by atoms with Gasteiger partial charge in [-0.15, -0.1) is 0 Å². The summed E-state index contributed by atoms with van der Waals surface area (Å²) in [5.74, 6) is 4.96. The minimum atomic E-state index is -0.404. The van der Waals surface area contributed by atoms with Crippen LogP contribution in [0.3, 0.4) is 0 Å². The molecular weight excluding hydrogens is 258 g/mol. The molecule has 1 aromatic rings. The molecule has 0 unspecified atom stereocenters. The number of carbonyl (C=O) groups excluding carboxylic acids is 2. The summed E-state index contributed by atoms with van der Waals surface area (Å²) in [6.07, 6.45) is 0.192. The Balaban J connectivity index is 2.60. The number of esters is 1. The van der Waals surface area contributed by atoms with E-state index in [1.54, 1.807) is 24.3 Å². The van der Waals surface area contributed by atoms with Crippen LogP contribution < -0.4 is 0 Å². The van der Waals surface area contributed by atoms with Gasteiger partial charge in [-0.3, -0.25) is 9.59 Å². The van der Waals surface area contributed by atoms with Crippen molar-refractivity contribution in [3.05, 3.63) is 45.8 Å². The predicted molar refractivity (Wildman–Crippen MR) is 72.9 cm³/mol. The molecule has 1 rings (SSSR count). The van der Waals surface area contributed by atoms with Crippen molar-refractivity contribution in [3.63, 3.8) is 0 Å². The van der Waals surface area contributed by atoms with Crippen LogP contribution in [-0.4, -0.2) is 25.4 Å². The monoisotopic (exact) mass is 271 g/mol. The summed E-state index contributed by atoms with van der Waals surface area (Å²) in [7, 11) is 1.29. The summed E-state index contributed by atoms with van der Waals surface area (Å²) in [5.41, 5.74) is 9.34. The van der Waals surface area contributed by atoms with Crippen molar-refractivity contribution in [2.45, 2.75) is 12.8 Å². The van der Waals surface area contributed by atoms with Gasteiger partial charge in [-0.05, 0) is 17.7 Å².